The van der Waals surface area contributed by atoms with Gasteiger partial charge in [-0.05, 0) is 62.3 Å². The van der Waals surface area contributed by atoms with Crippen LogP contribution in [0.3, 0.4) is 0 Å². The first-order chi connectivity index (χ1) is 22.9. The van der Waals surface area contributed by atoms with Crippen LogP contribution in [0.15, 0.2) is 24.8 Å². The number of aryl methyl sites for hydroxylation is 2. The quantitative estimate of drug-likeness (QED) is 0.140. The van der Waals surface area contributed by atoms with Crippen LogP contribution in [0.25, 0.3) is 39.3 Å². The minimum atomic E-state index is -1.17. The fourth-order valence-corrected chi connectivity index (χ4v) is 6.84. The zero-order chi connectivity index (χ0) is 34.9. The molecule has 2 aliphatic heterocycles. The molecule has 2 unspecified atom stereocenters. The van der Waals surface area contributed by atoms with E-state index >= 15 is 0 Å². The summed E-state index contributed by atoms with van der Waals surface area (Å²) in [5, 5.41) is 23.2. The van der Waals surface area contributed by atoms with E-state index in [9.17, 15) is 24.6 Å². The van der Waals surface area contributed by atoms with Gasteiger partial charge in [0.1, 0.15) is 0 Å². The summed E-state index contributed by atoms with van der Waals surface area (Å²) in [7, 11) is 0. The van der Waals surface area contributed by atoms with Crippen molar-refractivity contribution < 1.29 is 41.7 Å². The maximum atomic E-state index is 13.4. The number of hydrogen-bond acceptors (Lipinski definition) is 5. The molecule has 0 aliphatic carbocycles. The summed E-state index contributed by atoms with van der Waals surface area (Å²) in [6.07, 6.45) is 4.15. The van der Waals surface area contributed by atoms with Crippen molar-refractivity contribution in [2.75, 3.05) is 6.54 Å². The smallest absolute Gasteiger partial charge is 0.657 e. The molecule has 0 spiro atoms. The molecule has 3 aromatic rings. The van der Waals surface area contributed by atoms with Gasteiger partial charge in [0.15, 0.2) is 0 Å². The Morgan fingerprint density at radius 1 is 0.980 bits per heavy atom. The van der Waals surface area contributed by atoms with Crippen LogP contribution >= 0.6 is 0 Å². The number of carboxylic acid groups (broad SMARTS) is 2. The molecule has 2 atom stereocenters. The molecule has 261 valence electrons. The van der Waals surface area contributed by atoms with Crippen LogP contribution in [0.5, 0.6) is 0 Å². The summed E-state index contributed by atoms with van der Waals surface area (Å²) in [4.78, 5) is 58.1. The normalized spacial score (nSPS) is 15.6. The Bertz CT molecular complexity index is 2020. The van der Waals surface area contributed by atoms with Crippen LogP contribution < -0.4 is 15.3 Å². The standard InChI is InChI=1S/C38H45N5O5.Cu/c1-8-11-14-39-33(44)15-26-36-25(12-13-34(45)46)21(6)29(42-36)16-27-19(4)23(9-2)31(40-27)17-28-20(5)24(10-3)32(41-28)18-30-22(7)35(38(47)48)37(26)43-30;/h9,16-18,21,25H,2,8,10-15H2,1,3-7H3,(H5,39,40,41,42,43,44,45,46,47,48);/q;+2/p-2. The predicted molar refractivity (Wildman–Crippen MR) is 188 cm³/mol. The third-order valence-corrected chi connectivity index (χ3v) is 9.65. The molecule has 1 amide bonds. The Balaban J connectivity index is 0.00000541. The van der Waals surface area contributed by atoms with Crippen molar-refractivity contribution >= 4 is 57.1 Å². The minimum Gasteiger partial charge on any atom is -0.657 e. The van der Waals surface area contributed by atoms with Crippen LogP contribution in [0, 0.1) is 13.8 Å². The molecule has 5 heterocycles. The number of nitrogens with one attached hydrogen (secondary N) is 1. The molecule has 8 bridgehead atoms. The number of unbranched alkanes of at least 4 members (excludes halogenated alkanes) is 1. The number of nitrogens with zero attached hydrogens (tertiary/aromatic N) is 4. The van der Waals surface area contributed by atoms with E-state index in [0.29, 0.717) is 52.2 Å². The second-order valence-corrected chi connectivity index (χ2v) is 12.7. The number of aromatic nitrogens is 4. The number of rotatable bonds is 11. The van der Waals surface area contributed by atoms with Crippen LogP contribution in [0.4, 0.5) is 0 Å². The van der Waals surface area contributed by atoms with Crippen LogP contribution in [0.2, 0.25) is 0 Å². The average molecular weight is 713 g/mol. The van der Waals surface area contributed by atoms with Gasteiger partial charge in [0.2, 0.25) is 5.91 Å². The van der Waals surface area contributed by atoms with Gasteiger partial charge in [-0.15, -0.1) is 22.1 Å². The number of carbonyl (C=O) groups excluding carboxylic acids is 1. The summed E-state index contributed by atoms with van der Waals surface area (Å²) < 4.78 is 0. The summed E-state index contributed by atoms with van der Waals surface area (Å²) in [6.45, 7) is 16.3. The van der Waals surface area contributed by atoms with E-state index < -0.39 is 17.9 Å². The van der Waals surface area contributed by atoms with Crippen molar-refractivity contribution in [2.45, 2.75) is 91.9 Å². The number of aliphatic carboxylic acids is 1. The Hall–Kier alpha value is -4.47. The van der Waals surface area contributed by atoms with Gasteiger partial charge in [0.25, 0.3) is 0 Å². The number of allylic oxidation sites excluding steroid dienone is 2. The Labute approximate surface area is 297 Å². The molecule has 0 fully saturated rings. The van der Waals surface area contributed by atoms with Crippen molar-refractivity contribution in [2.24, 2.45) is 0 Å². The topological polar surface area (TPSA) is 158 Å². The molecule has 2 aliphatic rings. The summed E-state index contributed by atoms with van der Waals surface area (Å²) in [5.41, 5.74) is 9.29. The Kier molecular flexibility index (Phi) is 11.7. The molecule has 0 aromatic carbocycles. The molecule has 11 heteroatoms. The molecule has 3 aromatic heterocycles. The summed E-state index contributed by atoms with van der Waals surface area (Å²) in [5.74, 6) is -3.04. The zero-order valence-electron chi connectivity index (χ0n) is 28.8. The first-order valence-corrected chi connectivity index (χ1v) is 16.6. The van der Waals surface area contributed by atoms with Gasteiger partial charge < -0.3 is 25.5 Å². The average Bonchev–Trinajstić information content (AvgIpc) is 3.71. The van der Waals surface area contributed by atoms with Gasteiger partial charge in [-0.2, -0.15) is 0 Å². The van der Waals surface area contributed by atoms with Crippen LogP contribution in [-0.2, 0) is 33.1 Å². The first-order valence-electron chi connectivity index (χ1n) is 16.6. The second kappa shape index (κ2) is 15.4. The SMILES string of the molecule is C=Cc1c(C)c2cc3nc(c(CC(=O)NCCCC)c4[n-]c(cc5nc(cc1[n-]2)C(C)=C5CC)c(C)c4C(=O)O)C(CCC(=O)O)C3C.[Cu+2]. The third-order valence-electron chi connectivity index (χ3n) is 9.65. The monoisotopic (exact) mass is 712 g/mol. The van der Waals surface area contributed by atoms with Crippen molar-refractivity contribution in [3.8, 4) is 0 Å². The van der Waals surface area contributed by atoms with Gasteiger partial charge in [0.05, 0.1) is 17.8 Å². The Morgan fingerprint density at radius 2 is 1.67 bits per heavy atom. The number of hydrogen-bond donors (Lipinski definition) is 3. The van der Waals surface area contributed by atoms with Crippen molar-refractivity contribution in [1.82, 2.24) is 25.3 Å². The molecule has 5 rings (SSSR count). The van der Waals surface area contributed by atoms with Crippen LogP contribution in [0.1, 0.15) is 127 Å². The van der Waals surface area contributed by atoms with E-state index in [1.165, 1.54) is 0 Å². The summed E-state index contributed by atoms with van der Waals surface area (Å²) >= 11 is 0. The second-order valence-electron chi connectivity index (χ2n) is 12.7. The van der Waals surface area contributed by atoms with E-state index in [2.05, 4.69) is 11.9 Å². The van der Waals surface area contributed by atoms with E-state index in [0.717, 1.165) is 46.3 Å². The number of fused-ring (bicyclic) bond motifs is 8. The van der Waals surface area contributed by atoms with E-state index in [-0.39, 0.29) is 59.2 Å². The van der Waals surface area contributed by atoms with Crippen molar-refractivity contribution in [3.05, 3.63) is 75.4 Å². The third kappa shape index (κ3) is 7.28. The number of carbonyl (C=O) groups is 3. The van der Waals surface area contributed by atoms with Crippen molar-refractivity contribution in [1.29, 1.82) is 0 Å². The molecular weight excluding hydrogens is 670 g/mol. The first kappa shape index (κ1) is 37.3. The molecular formula is C38H43CuN5O5. The molecule has 0 saturated carbocycles. The summed E-state index contributed by atoms with van der Waals surface area (Å²) in [6, 6.07) is 5.68. The zero-order valence-corrected chi connectivity index (χ0v) is 29.8. The van der Waals surface area contributed by atoms with Gasteiger partial charge in [-0.3, -0.25) is 14.6 Å². The fraction of sp³-hybridized carbons (Fsp3) is 0.395. The minimum absolute atomic E-state index is 0. The van der Waals surface area contributed by atoms with Gasteiger partial charge in [-0.1, -0.05) is 69.2 Å². The van der Waals surface area contributed by atoms with Gasteiger partial charge >= 0.3 is 29.0 Å². The number of amides is 1. The Morgan fingerprint density at radius 3 is 2.31 bits per heavy atom. The van der Waals surface area contributed by atoms with E-state index in [1.54, 1.807) is 13.0 Å². The van der Waals surface area contributed by atoms with Crippen molar-refractivity contribution in [3.63, 3.8) is 0 Å². The fourth-order valence-electron chi connectivity index (χ4n) is 6.84. The van der Waals surface area contributed by atoms with Gasteiger partial charge in [0, 0.05) is 41.8 Å². The molecule has 0 saturated heterocycles. The number of aromatic carboxylic acids is 1. The van der Waals surface area contributed by atoms with Crippen LogP contribution in [-0.4, -0.2) is 44.6 Å². The molecule has 3 N–H and O–H groups in total. The maximum absolute atomic E-state index is 13.4. The van der Waals surface area contributed by atoms with E-state index in [1.807, 2.05) is 52.8 Å². The maximum Gasteiger partial charge on any atom is 2.00 e. The number of carboxylic acids is 2. The van der Waals surface area contributed by atoms with Gasteiger partial charge in [-0.25, -0.2) is 9.78 Å². The predicted octanol–water partition coefficient (Wildman–Crippen LogP) is 7.08. The largest absolute Gasteiger partial charge is 2.00 e. The molecule has 10 nitrogen and oxygen atoms in total. The molecule has 1 radical (unpaired) electrons. The molecule has 49 heavy (non-hydrogen) atoms. The van der Waals surface area contributed by atoms with E-state index in [4.69, 9.17) is 19.9 Å².